The second-order valence-corrected chi connectivity index (χ2v) is 10.5. The largest absolute Gasteiger partial charge is 0.480 e. The number of β-lactam (4-membered cyclic amide) rings is 1. The highest BCUT2D eigenvalue weighted by atomic mass is 79.9. The van der Waals surface area contributed by atoms with Crippen molar-refractivity contribution in [3.05, 3.63) is 54.6 Å². The molecule has 1 amide bonds. The molecule has 2 heterocycles. The molecule has 3 atom stereocenters. The number of carboxylic acid groups (broad SMARTS) is 1. The molecule has 4 rings (SSSR count). The van der Waals surface area contributed by atoms with E-state index in [9.17, 15) is 14.7 Å². The van der Waals surface area contributed by atoms with E-state index in [2.05, 4.69) is 40.2 Å². The summed E-state index contributed by atoms with van der Waals surface area (Å²) in [6.45, 7) is 0.207. The maximum absolute atomic E-state index is 11.9. The number of rotatable bonds is 4. The first-order chi connectivity index (χ1) is 12.5. The molecule has 134 valence electrons. The van der Waals surface area contributed by atoms with Gasteiger partial charge in [-0.3, -0.25) is 9.59 Å². The summed E-state index contributed by atoms with van der Waals surface area (Å²) < 4.78 is -1.36. The molecule has 0 bridgehead atoms. The predicted octanol–water partition coefficient (Wildman–Crippen LogP) is 4.30. The number of alkyl halides is 1. The Balaban J connectivity index is 1.53. The van der Waals surface area contributed by atoms with Gasteiger partial charge in [-0.2, -0.15) is 0 Å². The van der Waals surface area contributed by atoms with Crippen molar-refractivity contribution in [3.8, 4) is 11.1 Å². The van der Waals surface area contributed by atoms with E-state index in [1.165, 1.54) is 0 Å². The Hall–Kier alpha value is -1.44. The fraction of sp³-hybridized carbons (Fsp3) is 0.263. The molecule has 2 unspecified atom stereocenters. The Morgan fingerprint density at radius 3 is 2.42 bits per heavy atom. The number of amides is 1. The average molecular weight is 450 g/mol. The Labute approximate surface area is 168 Å². The summed E-state index contributed by atoms with van der Waals surface area (Å²) in [4.78, 5) is 26.3. The standard InChI is InChI=1S/C19H16BrNO3S2/c20-19(17(23)24)11-21-15(22)10-16(21)26-18(19)25-14-8-6-13(7-9-14)12-4-2-1-3-5-12/h1-9,16,18H,10-11H2,(H,23,24)/t16-,18?,19?/m1/s1. The average Bonchev–Trinajstić information content (AvgIpc) is 2.65. The van der Waals surface area contributed by atoms with Gasteiger partial charge in [0.1, 0.15) is 0 Å². The molecule has 0 spiro atoms. The van der Waals surface area contributed by atoms with E-state index in [4.69, 9.17) is 0 Å². The van der Waals surface area contributed by atoms with Crippen LogP contribution in [-0.2, 0) is 9.59 Å². The number of hydrogen-bond acceptors (Lipinski definition) is 4. The van der Waals surface area contributed by atoms with Crippen molar-refractivity contribution >= 4 is 51.3 Å². The molecule has 2 saturated heterocycles. The van der Waals surface area contributed by atoms with Crippen LogP contribution in [0.1, 0.15) is 6.42 Å². The van der Waals surface area contributed by atoms with Crippen molar-refractivity contribution in [2.75, 3.05) is 6.54 Å². The van der Waals surface area contributed by atoms with Gasteiger partial charge in [0.15, 0.2) is 4.32 Å². The maximum Gasteiger partial charge on any atom is 0.324 e. The Bertz CT molecular complexity index is 846. The summed E-state index contributed by atoms with van der Waals surface area (Å²) in [5, 5.41) is 9.83. The molecule has 0 aromatic heterocycles. The highest BCUT2D eigenvalue weighted by Gasteiger charge is 2.56. The second kappa shape index (κ2) is 6.94. The molecular weight excluding hydrogens is 434 g/mol. The molecule has 2 aromatic rings. The fourth-order valence-corrected chi connectivity index (χ4v) is 7.05. The number of thioether (sulfide) groups is 2. The smallest absolute Gasteiger partial charge is 0.324 e. The predicted molar refractivity (Wildman–Crippen MR) is 109 cm³/mol. The first-order valence-electron chi connectivity index (χ1n) is 8.17. The molecule has 7 heteroatoms. The first-order valence-corrected chi connectivity index (χ1v) is 10.8. The molecule has 26 heavy (non-hydrogen) atoms. The van der Waals surface area contributed by atoms with Gasteiger partial charge in [-0.15, -0.1) is 23.5 Å². The fourth-order valence-electron chi connectivity index (χ4n) is 3.08. The van der Waals surface area contributed by atoms with Gasteiger partial charge >= 0.3 is 5.97 Å². The van der Waals surface area contributed by atoms with Gasteiger partial charge in [0.05, 0.1) is 16.4 Å². The number of halogens is 1. The Kier molecular flexibility index (Phi) is 4.79. The van der Waals surface area contributed by atoms with Crippen molar-refractivity contribution < 1.29 is 14.7 Å². The topological polar surface area (TPSA) is 57.6 Å². The Morgan fingerprint density at radius 1 is 1.15 bits per heavy atom. The van der Waals surface area contributed by atoms with Crippen molar-refractivity contribution in [2.45, 2.75) is 25.6 Å². The highest BCUT2D eigenvalue weighted by molar-refractivity contribution is 9.10. The lowest BCUT2D eigenvalue weighted by molar-refractivity contribution is -0.146. The summed E-state index contributed by atoms with van der Waals surface area (Å²) in [6, 6.07) is 18.3. The number of carboxylic acids is 1. The van der Waals surface area contributed by atoms with Crippen molar-refractivity contribution in [3.63, 3.8) is 0 Å². The highest BCUT2D eigenvalue weighted by Crippen LogP contribution is 2.52. The van der Waals surface area contributed by atoms with E-state index in [-0.39, 0.29) is 22.4 Å². The Morgan fingerprint density at radius 2 is 1.81 bits per heavy atom. The van der Waals surface area contributed by atoms with Crippen LogP contribution >= 0.6 is 39.5 Å². The molecule has 2 aliphatic rings. The molecule has 0 saturated carbocycles. The van der Waals surface area contributed by atoms with Crippen LogP contribution in [0.15, 0.2) is 59.5 Å². The van der Waals surface area contributed by atoms with Crippen LogP contribution in [0.25, 0.3) is 11.1 Å². The SMILES string of the molecule is O=C1C[C@H]2SC(Sc3ccc(-c4ccccc4)cc3)C(Br)(C(=O)O)CN12. The molecule has 1 N–H and O–H groups in total. The van der Waals surface area contributed by atoms with Gasteiger partial charge in [0, 0.05) is 11.4 Å². The van der Waals surface area contributed by atoms with Gasteiger partial charge < -0.3 is 10.0 Å². The van der Waals surface area contributed by atoms with Gasteiger partial charge in [-0.25, -0.2) is 0 Å². The number of fused-ring (bicyclic) bond motifs is 1. The van der Waals surface area contributed by atoms with Crippen LogP contribution in [0.3, 0.4) is 0 Å². The number of carbonyl (C=O) groups is 2. The van der Waals surface area contributed by atoms with Crippen LogP contribution in [0.2, 0.25) is 0 Å². The van der Waals surface area contributed by atoms with Gasteiger partial charge in [0.25, 0.3) is 0 Å². The van der Waals surface area contributed by atoms with E-state index < -0.39 is 10.3 Å². The van der Waals surface area contributed by atoms with Crippen molar-refractivity contribution in [1.82, 2.24) is 4.90 Å². The molecule has 2 aliphatic heterocycles. The lowest BCUT2D eigenvalue weighted by Crippen LogP contribution is -2.64. The normalized spacial score (nSPS) is 27.6. The van der Waals surface area contributed by atoms with E-state index in [1.807, 2.05) is 30.3 Å². The minimum Gasteiger partial charge on any atom is -0.480 e. The van der Waals surface area contributed by atoms with Gasteiger partial charge in [-0.1, -0.05) is 58.4 Å². The lowest BCUT2D eigenvalue weighted by atomic mass is 10.1. The van der Waals surface area contributed by atoms with Crippen LogP contribution in [0.4, 0.5) is 0 Å². The number of benzene rings is 2. The third kappa shape index (κ3) is 3.17. The van der Waals surface area contributed by atoms with Crippen LogP contribution in [0, 0.1) is 0 Å². The molecule has 4 nitrogen and oxygen atoms in total. The van der Waals surface area contributed by atoms with Crippen LogP contribution in [0.5, 0.6) is 0 Å². The summed E-state index contributed by atoms with van der Waals surface area (Å²) in [5.41, 5.74) is 2.28. The van der Waals surface area contributed by atoms with Crippen molar-refractivity contribution in [1.29, 1.82) is 0 Å². The third-order valence-corrected chi connectivity index (χ3v) is 9.45. The van der Waals surface area contributed by atoms with E-state index in [0.29, 0.717) is 6.42 Å². The van der Waals surface area contributed by atoms with Gasteiger partial charge in [-0.05, 0) is 23.3 Å². The zero-order valence-corrected chi connectivity index (χ0v) is 16.9. The van der Waals surface area contributed by atoms with E-state index in [0.717, 1.165) is 16.0 Å². The zero-order chi connectivity index (χ0) is 18.3. The number of hydrogen-bond donors (Lipinski definition) is 1. The van der Waals surface area contributed by atoms with Crippen LogP contribution < -0.4 is 0 Å². The van der Waals surface area contributed by atoms with Crippen LogP contribution in [-0.4, -0.2) is 42.7 Å². The molecule has 2 aromatic carbocycles. The summed E-state index contributed by atoms with van der Waals surface area (Å²) in [7, 11) is 0. The minimum absolute atomic E-state index is 0.0308. The number of carbonyl (C=O) groups excluding carboxylic acids is 1. The number of aliphatic carboxylic acids is 1. The molecule has 0 aliphatic carbocycles. The summed E-state index contributed by atoms with van der Waals surface area (Å²) >= 11 is 6.53. The third-order valence-electron chi connectivity index (χ3n) is 4.63. The monoisotopic (exact) mass is 449 g/mol. The molecule has 2 fully saturated rings. The zero-order valence-electron chi connectivity index (χ0n) is 13.7. The molecule has 0 radical (unpaired) electrons. The lowest BCUT2D eigenvalue weighted by Gasteiger charge is -2.51. The minimum atomic E-state index is -1.15. The van der Waals surface area contributed by atoms with E-state index >= 15 is 0 Å². The summed E-state index contributed by atoms with van der Waals surface area (Å²) in [5.74, 6) is -0.898. The van der Waals surface area contributed by atoms with E-state index in [1.54, 1.807) is 28.4 Å². The second-order valence-electron chi connectivity index (χ2n) is 6.32. The quantitative estimate of drug-likeness (QED) is 0.556. The summed E-state index contributed by atoms with van der Waals surface area (Å²) in [6.07, 6.45) is 0.497. The van der Waals surface area contributed by atoms with Gasteiger partial charge in [0.2, 0.25) is 5.91 Å². The molecular formula is C19H16BrNO3S2. The van der Waals surface area contributed by atoms with Crippen molar-refractivity contribution in [2.24, 2.45) is 0 Å². The maximum atomic E-state index is 11.9. The number of nitrogens with zero attached hydrogens (tertiary/aromatic N) is 1. The first kappa shape index (κ1) is 17.9.